The predicted molar refractivity (Wildman–Crippen MR) is 79.4 cm³/mol. The zero-order valence-corrected chi connectivity index (χ0v) is 13.1. The van der Waals surface area contributed by atoms with Crippen LogP contribution in [0.2, 0.25) is 0 Å². The van der Waals surface area contributed by atoms with Crippen LogP contribution in [0.15, 0.2) is 0 Å². The van der Waals surface area contributed by atoms with E-state index in [9.17, 15) is 4.79 Å². The largest absolute Gasteiger partial charge is 0.462 e. The van der Waals surface area contributed by atoms with Gasteiger partial charge in [-0.1, -0.05) is 33.1 Å². The van der Waals surface area contributed by atoms with Crippen LogP contribution in [0.4, 0.5) is 0 Å². The molecular weight excluding hydrogens is 258 g/mol. The molecule has 0 saturated heterocycles. The molecule has 0 aromatic carbocycles. The molecule has 0 amide bonds. The van der Waals surface area contributed by atoms with Crippen molar-refractivity contribution < 1.29 is 19.4 Å². The van der Waals surface area contributed by atoms with E-state index in [0.717, 1.165) is 12.8 Å². The number of nitrogens with two attached hydrogens (primary N) is 1. The standard InChI is InChI=1S/C15H31NO4/c1-4-5-6-7-12(2)15(20-13(3)18)8-9-19-11-14(16)10-17/h12,14-15,17H,4-11,16H2,1-3H3/t12?,14-,15-/m0/s1. The van der Waals surface area contributed by atoms with Crippen molar-refractivity contribution >= 4 is 5.97 Å². The van der Waals surface area contributed by atoms with Crippen LogP contribution >= 0.6 is 0 Å². The van der Waals surface area contributed by atoms with Crippen molar-refractivity contribution in [3.63, 3.8) is 0 Å². The lowest BCUT2D eigenvalue weighted by Gasteiger charge is -2.24. The SMILES string of the molecule is CCCCCC(C)[C@H](CCOC[C@@H](N)CO)OC(C)=O. The highest BCUT2D eigenvalue weighted by Gasteiger charge is 2.20. The summed E-state index contributed by atoms with van der Waals surface area (Å²) in [4.78, 5) is 11.2. The fourth-order valence-electron chi connectivity index (χ4n) is 2.06. The van der Waals surface area contributed by atoms with Crippen molar-refractivity contribution in [3.05, 3.63) is 0 Å². The van der Waals surface area contributed by atoms with Gasteiger partial charge in [0.25, 0.3) is 0 Å². The lowest BCUT2D eigenvalue weighted by atomic mass is 9.95. The van der Waals surface area contributed by atoms with E-state index in [1.54, 1.807) is 0 Å². The number of esters is 1. The van der Waals surface area contributed by atoms with Crippen LogP contribution in [-0.2, 0) is 14.3 Å². The third kappa shape index (κ3) is 10.2. The smallest absolute Gasteiger partial charge is 0.302 e. The van der Waals surface area contributed by atoms with Gasteiger partial charge in [0.15, 0.2) is 0 Å². The second-order valence-corrected chi connectivity index (χ2v) is 5.43. The molecule has 0 aliphatic carbocycles. The normalized spacial score (nSPS) is 15.7. The summed E-state index contributed by atoms with van der Waals surface area (Å²) in [6.45, 7) is 6.46. The third-order valence-electron chi connectivity index (χ3n) is 3.33. The Labute approximate surface area is 122 Å². The number of hydrogen-bond donors (Lipinski definition) is 2. The van der Waals surface area contributed by atoms with E-state index < -0.39 is 0 Å². The minimum Gasteiger partial charge on any atom is -0.462 e. The number of aliphatic hydroxyl groups is 1. The van der Waals surface area contributed by atoms with Crippen LogP contribution < -0.4 is 5.73 Å². The Hall–Kier alpha value is -0.650. The maximum atomic E-state index is 11.2. The van der Waals surface area contributed by atoms with Crippen molar-refractivity contribution in [1.82, 2.24) is 0 Å². The zero-order chi connectivity index (χ0) is 15.4. The van der Waals surface area contributed by atoms with Crippen molar-refractivity contribution in [1.29, 1.82) is 0 Å². The van der Waals surface area contributed by atoms with Crippen LogP contribution in [0.5, 0.6) is 0 Å². The van der Waals surface area contributed by atoms with E-state index in [1.807, 2.05) is 0 Å². The molecule has 0 radical (unpaired) electrons. The number of rotatable bonds is 12. The number of carbonyl (C=O) groups is 1. The van der Waals surface area contributed by atoms with Crippen LogP contribution in [-0.4, -0.2) is 43.0 Å². The average Bonchev–Trinajstić information content (AvgIpc) is 2.41. The molecule has 1 unspecified atom stereocenters. The summed E-state index contributed by atoms with van der Waals surface area (Å²) >= 11 is 0. The number of carbonyl (C=O) groups excluding carboxylic acids is 1. The molecule has 0 fully saturated rings. The average molecular weight is 289 g/mol. The van der Waals surface area contributed by atoms with Gasteiger partial charge in [0, 0.05) is 13.3 Å². The molecule has 120 valence electrons. The van der Waals surface area contributed by atoms with Crippen LogP contribution in [0, 0.1) is 5.92 Å². The van der Waals surface area contributed by atoms with Gasteiger partial charge in [-0.15, -0.1) is 0 Å². The van der Waals surface area contributed by atoms with E-state index in [0.29, 0.717) is 25.6 Å². The molecule has 5 heteroatoms. The molecule has 0 saturated carbocycles. The summed E-state index contributed by atoms with van der Waals surface area (Å²) in [5.41, 5.74) is 5.55. The molecule has 5 nitrogen and oxygen atoms in total. The lowest BCUT2D eigenvalue weighted by Crippen LogP contribution is -2.31. The van der Waals surface area contributed by atoms with Gasteiger partial charge in [-0.25, -0.2) is 0 Å². The molecule has 0 spiro atoms. The molecule has 0 rings (SSSR count). The second kappa shape index (κ2) is 12.1. The van der Waals surface area contributed by atoms with E-state index >= 15 is 0 Å². The topological polar surface area (TPSA) is 81.8 Å². The summed E-state index contributed by atoms with van der Waals surface area (Å²) < 4.78 is 10.8. The first kappa shape index (κ1) is 19.4. The third-order valence-corrected chi connectivity index (χ3v) is 3.33. The van der Waals surface area contributed by atoms with Crippen molar-refractivity contribution in [2.24, 2.45) is 11.7 Å². The second-order valence-electron chi connectivity index (χ2n) is 5.43. The molecule has 0 bridgehead atoms. The highest BCUT2D eigenvalue weighted by molar-refractivity contribution is 5.66. The van der Waals surface area contributed by atoms with Gasteiger partial charge >= 0.3 is 5.97 Å². The predicted octanol–water partition coefficient (Wildman–Crippen LogP) is 1.86. The fourth-order valence-corrected chi connectivity index (χ4v) is 2.06. The number of aliphatic hydroxyl groups excluding tert-OH is 1. The lowest BCUT2D eigenvalue weighted by molar-refractivity contribution is -0.150. The van der Waals surface area contributed by atoms with E-state index in [2.05, 4.69) is 13.8 Å². The van der Waals surface area contributed by atoms with Gasteiger partial charge in [-0.3, -0.25) is 4.79 Å². The van der Waals surface area contributed by atoms with Gasteiger partial charge < -0.3 is 20.3 Å². The summed E-state index contributed by atoms with van der Waals surface area (Å²) in [5.74, 6) is 0.0879. The Morgan fingerprint density at radius 1 is 1.30 bits per heavy atom. The summed E-state index contributed by atoms with van der Waals surface area (Å²) in [5, 5.41) is 8.80. The van der Waals surface area contributed by atoms with Crippen LogP contribution in [0.3, 0.4) is 0 Å². The molecule has 0 aromatic rings. The highest BCUT2D eigenvalue weighted by Crippen LogP contribution is 2.19. The first-order valence-electron chi connectivity index (χ1n) is 7.62. The van der Waals surface area contributed by atoms with Gasteiger partial charge in [-0.05, 0) is 12.3 Å². The number of hydrogen-bond acceptors (Lipinski definition) is 5. The van der Waals surface area contributed by atoms with Gasteiger partial charge in [0.1, 0.15) is 6.10 Å². The van der Waals surface area contributed by atoms with E-state index in [4.69, 9.17) is 20.3 Å². The first-order valence-corrected chi connectivity index (χ1v) is 7.62. The van der Waals surface area contributed by atoms with Crippen molar-refractivity contribution in [2.45, 2.75) is 65.0 Å². The molecule has 20 heavy (non-hydrogen) atoms. The molecule has 0 aliphatic rings. The van der Waals surface area contributed by atoms with Gasteiger partial charge in [-0.2, -0.15) is 0 Å². The molecule has 3 atom stereocenters. The Bertz CT molecular complexity index is 248. The van der Waals surface area contributed by atoms with Gasteiger partial charge in [0.05, 0.1) is 25.9 Å². The summed E-state index contributed by atoms with van der Waals surface area (Å²) in [6.07, 6.45) is 5.18. The molecular formula is C15H31NO4. The van der Waals surface area contributed by atoms with Crippen LogP contribution in [0.1, 0.15) is 52.9 Å². The zero-order valence-electron chi connectivity index (χ0n) is 13.1. The summed E-state index contributed by atoms with van der Waals surface area (Å²) in [6, 6.07) is -0.343. The number of ether oxygens (including phenoxy) is 2. The monoisotopic (exact) mass is 289 g/mol. The highest BCUT2D eigenvalue weighted by atomic mass is 16.5. The minimum atomic E-state index is -0.343. The van der Waals surface area contributed by atoms with Crippen molar-refractivity contribution in [3.8, 4) is 0 Å². The fraction of sp³-hybridized carbons (Fsp3) is 0.933. The van der Waals surface area contributed by atoms with Crippen molar-refractivity contribution in [2.75, 3.05) is 19.8 Å². The number of unbranched alkanes of at least 4 members (excludes halogenated alkanes) is 2. The molecule has 3 N–H and O–H groups in total. The molecule has 0 aromatic heterocycles. The van der Waals surface area contributed by atoms with E-state index in [1.165, 1.54) is 19.8 Å². The molecule has 0 aliphatic heterocycles. The quantitative estimate of drug-likeness (QED) is 0.423. The Kier molecular flexibility index (Phi) is 11.7. The Morgan fingerprint density at radius 2 is 2.00 bits per heavy atom. The maximum Gasteiger partial charge on any atom is 0.302 e. The Balaban J connectivity index is 4.03. The summed E-state index contributed by atoms with van der Waals surface area (Å²) in [7, 11) is 0. The minimum absolute atomic E-state index is 0.0825. The van der Waals surface area contributed by atoms with Crippen LogP contribution in [0.25, 0.3) is 0 Å². The van der Waals surface area contributed by atoms with Gasteiger partial charge in [0.2, 0.25) is 0 Å². The Morgan fingerprint density at radius 3 is 2.55 bits per heavy atom. The maximum absolute atomic E-state index is 11.2. The first-order chi connectivity index (χ1) is 9.51. The molecule has 0 heterocycles. The van der Waals surface area contributed by atoms with E-state index in [-0.39, 0.29) is 24.7 Å².